The lowest BCUT2D eigenvalue weighted by Crippen LogP contribution is -2.43. The molecule has 2 bridgehead atoms. The van der Waals surface area contributed by atoms with Crippen molar-refractivity contribution in [1.29, 1.82) is 0 Å². The van der Waals surface area contributed by atoms with E-state index in [1.54, 1.807) is 24.4 Å². The van der Waals surface area contributed by atoms with Crippen LogP contribution in [0.5, 0.6) is 0 Å². The number of pyridine rings is 1. The zero-order valence-electron chi connectivity index (χ0n) is 13.2. The number of carbonyl (C=O) groups is 2. The van der Waals surface area contributed by atoms with Crippen LogP contribution in [0.1, 0.15) is 12.8 Å². The van der Waals surface area contributed by atoms with Crippen LogP contribution in [-0.4, -0.2) is 33.7 Å². The summed E-state index contributed by atoms with van der Waals surface area (Å²) < 4.78 is 5.29. The Morgan fingerprint density at radius 1 is 1.40 bits per heavy atom. The predicted molar refractivity (Wildman–Crippen MR) is 90.1 cm³/mol. The molecule has 0 radical (unpaired) electrons. The fourth-order valence-corrected chi connectivity index (χ4v) is 2.46. The molecule has 6 nitrogen and oxygen atoms in total. The first kappa shape index (κ1) is 16.5. The number of nitrogens with one attached hydrogen (secondary N) is 1. The molecule has 1 heterocycles. The summed E-state index contributed by atoms with van der Waals surface area (Å²) in [6.45, 7) is 0. The van der Waals surface area contributed by atoms with Crippen LogP contribution in [0.2, 0.25) is 0 Å². The summed E-state index contributed by atoms with van der Waals surface area (Å²) in [5.41, 5.74) is -1.20. The van der Waals surface area contributed by atoms with Crippen LogP contribution >= 0.6 is 0 Å². The number of hydrogen-bond donors (Lipinski definition) is 2. The summed E-state index contributed by atoms with van der Waals surface area (Å²) in [6, 6.07) is 3.31. The van der Waals surface area contributed by atoms with Gasteiger partial charge in [-0.1, -0.05) is 23.8 Å². The molecule has 0 aromatic carbocycles. The standard InChI is InChI=1S/C19H14N2O4/c22-17-15-8-5-11-19(17,24)10-4-2-1-3-9-16(15)25-18(23)21-14-7-6-12-20-13-14/h1-2,6-8,12-13,16,24H,5,11H2,(H,21,23)/b2-1+. The maximum absolute atomic E-state index is 12.6. The molecule has 0 saturated carbocycles. The molecule has 2 aliphatic carbocycles. The molecule has 0 saturated heterocycles. The number of carbonyl (C=O) groups excluding carboxylic acids is 2. The van der Waals surface area contributed by atoms with Crippen molar-refractivity contribution in [2.75, 3.05) is 5.32 Å². The molecule has 25 heavy (non-hydrogen) atoms. The Kier molecular flexibility index (Phi) is 4.65. The van der Waals surface area contributed by atoms with Crippen LogP contribution in [0, 0.1) is 23.7 Å². The number of hydrogen-bond acceptors (Lipinski definition) is 5. The molecule has 3 rings (SSSR count). The van der Waals surface area contributed by atoms with Crippen molar-refractivity contribution in [1.82, 2.24) is 4.98 Å². The highest BCUT2D eigenvalue weighted by molar-refractivity contribution is 6.06. The number of ketones is 1. The van der Waals surface area contributed by atoms with Gasteiger partial charge in [0.1, 0.15) is 0 Å². The van der Waals surface area contributed by atoms with Gasteiger partial charge in [0.15, 0.2) is 11.7 Å². The van der Waals surface area contributed by atoms with Gasteiger partial charge in [-0.15, -0.1) is 0 Å². The van der Waals surface area contributed by atoms with Crippen molar-refractivity contribution in [3.05, 3.63) is 48.3 Å². The lowest BCUT2D eigenvalue weighted by atomic mass is 9.81. The van der Waals surface area contributed by atoms with Gasteiger partial charge < -0.3 is 9.84 Å². The van der Waals surface area contributed by atoms with Gasteiger partial charge in [0, 0.05) is 11.8 Å². The normalized spacial score (nSPS) is 25.2. The summed E-state index contributed by atoms with van der Waals surface area (Å²) in [5.74, 6) is 9.97. The average Bonchev–Trinajstić information content (AvgIpc) is 2.59. The van der Waals surface area contributed by atoms with E-state index in [9.17, 15) is 14.7 Å². The SMILES string of the molecule is O=C(Nc1cccnc1)OC1C#C/C=C/C#CC2(O)CCC=C1C2=O. The third kappa shape index (κ3) is 3.77. The summed E-state index contributed by atoms with van der Waals surface area (Å²) in [5, 5.41) is 13.0. The van der Waals surface area contributed by atoms with Crippen LogP contribution in [0.15, 0.2) is 48.3 Å². The van der Waals surface area contributed by atoms with Gasteiger partial charge in [-0.3, -0.25) is 15.1 Å². The van der Waals surface area contributed by atoms with E-state index in [1.165, 1.54) is 18.3 Å². The van der Waals surface area contributed by atoms with E-state index in [0.29, 0.717) is 12.1 Å². The average molecular weight is 334 g/mol. The Labute approximate surface area is 144 Å². The van der Waals surface area contributed by atoms with Gasteiger partial charge in [0.2, 0.25) is 5.78 Å². The van der Waals surface area contributed by atoms with Crippen LogP contribution in [-0.2, 0) is 9.53 Å². The second-order valence-corrected chi connectivity index (χ2v) is 5.43. The van der Waals surface area contributed by atoms with E-state index in [4.69, 9.17) is 4.74 Å². The van der Waals surface area contributed by atoms with Gasteiger partial charge in [0.05, 0.1) is 11.9 Å². The van der Waals surface area contributed by atoms with Crippen molar-refractivity contribution in [2.45, 2.75) is 24.5 Å². The maximum Gasteiger partial charge on any atom is 0.413 e. The smallest absolute Gasteiger partial charge is 0.413 e. The van der Waals surface area contributed by atoms with Crippen LogP contribution in [0.4, 0.5) is 10.5 Å². The van der Waals surface area contributed by atoms with E-state index in [2.05, 4.69) is 34.0 Å². The van der Waals surface area contributed by atoms with E-state index >= 15 is 0 Å². The van der Waals surface area contributed by atoms with E-state index < -0.39 is 23.6 Å². The summed E-state index contributed by atoms with van der Waals surface area (Å²) >= 11 is 0. The van der Waals surface area contributed by atoms with Crippen molar-refractivity contribution < 1.29 is 19.4 Å². The molecular weight excluding hydrogens is 320 g/mol. The molecule has 2 N–H and O–H groups in total. The fourth-order valence-electron chi connectivity index (χ4n) is 2.46. The topological polar surface area (TPSA) is 88.5 Å². The van der Waals surface area contributed by atoms with Crippen LogP contribution < -0.4 is 5.32 Å². The molecule has 124 valence electrons. The molecular formula is C19H14N2O4. The Bertz CT molecular complexity index is 881. The summed E-state index contributed by atoms with van der Waals surface area (Å²) in [6.07, 6.45) is 6.32. The zero-order valence-corrected chi connectivity index (χ0v) is 13.2. The number of aliphatic hydroxyl groups is 1. The second kappa shape index (κ2) is 7.04. The number of amides is 1. The van der Waals surface area contributed by atoms with Crippen LogP contribution in [0.3, 0.4) is 0 Å². The quantitative estimate of drug-likeness (QED) is 0.802. The van der Waals surface area contributed by atoms with Crippen molar-refractivity contribution in [2.24, 2.45) is 0 Å². The van der Waals surface area contributed by atoms with Gasteiger partial charge in [0.25, 0.3) is 0 Å². The predicted octanol–water partition coefficient (Wildman–Crippen LogP) is 1.60. The number of nitrogens with zero attached hydrogens (tertiary/aromatic N) is 1. The third-order valence-electron chi connectivity index (χ3n) is 3.67. The third-order valence-corrected chi connectivity index (χ3v) is 3.67. The van der Waals surface area contributed by atoms with E-state index in [0.717, 1.165) is 0 Å². The van der Waals surface area contributed by atoms with Gasteiger partial charge in [-0.05, 0) is 43.0 Å². The highest BCUT2D eigenvalue weighted by atomic mass is 16.6. The van der Waals surface area contributed by atoms with Gasteiger partial charge in [-0.2, -0.15) is 0 Å². The maximum atomic E-state index is 12.6. The summed E-state index contributed by atoms with van der Waals surface area (Å²) in [4.78, 5) is 28.6. The van der Waals surface area contributed by atoms with E-state index in [-0.39, 0.29) is 12.0 Å². The fraction of sp³-hybridized carbons (Fsp3) is 0.211. The minimum atomic E-state index is -1.78. The largest absolute Gasteiger partial charge is 0.428 e. The molecule has 2 aliphatic rings. The number of fused-ring (bicyclic) bond motifs is 2. The first-order valence-corrected chi connectivity index (χ1v) is 7.62. The Balaban J connectivity index is 1.84. The lowest BCUT2D eigenvalue weighted by Gasteiger charge is -2.28. The molecule has 6 heteroatoms. The lowest BCUT2D eigenvalue weighted by molar-refractivity contribution is -0.130. The van der Waals surface area contributed by atoms with E-state index in [1.807, 2.05) is 0 Å². The number of ether oxygens (including phenoxy) is 1. The second-order valence-electron chi connectivity index (χ2n) is 5.43. The number of anilines is 1. The molecule has 1 amide bonds. The number of aromatic nitrogens is 1. The molecule has 0 spiro atoms. The molecule has 1 aromatic heterocycles. The van der Waals surface area contributed by atoms with Gasteiger partial charge >= 0.3 is 6.09 Å². The highest BCUT2D eigenvalue weighted by Crippen LogP contribution is 2.27. The minimum Gasteiger partial charge on any atom is -0.428 e. The number of rotatable bonds is 2. The highest BCUT2D eigenvalue weighted by Gasteiger charge is 2.41. The first-order valence-electron chi connectivity index (χ1n) is 7.62. The number of allylic oxidation sites excluding steroid dienone is 3. The minimum absolute atomic E-state index is 0.132. The monoisotopic (exact) mass is 334 g/mol. The van der Waals surface area contributed by atoms with Gasteiger partial charge in [-0.25, -0.2) is 4.79 Å². The Morgan fingerprint density at radius 2 is 2.24 bits per heavy atom. The summed E-state index contributed by atoms with van der Waals surface area (Å²) in [7, 11) is 0. The van der Waals surface area contributed by atoms with Crippen LogP contribution in [0.25, 0.3) is 0 Å². The molecule has 1 aromatic rings. The molecule has 0 aliphatic heterocycles. The van der Waals surface area contributed by atoms with Crippen molar-refractivity contribution >= 4 is 17.6 Å². The Morgan fingerprint density at radius 3 is 3.04 bits per heavy atom. The van der Waals surface area contributed by atoms with Crippen molar-refractivity contribution in [3.8, 4) is 23.7 Å². The molecule has 2 unspecified atom stereocenters. The Hall–Kier alpha value is -3.35. The van der Waals surface area contributed by atoms with Crippen molar-refractivity contribution in [3.63, 3.8) is 0 Å². The first-order chi connectivity index (χ1) is 12.1. The zero-order chi connectivity index (χ0) is 17.7. The molecule has 0 fully saturated rings. The number of Topliss-reactive ketones (excluding diaryl/α,β-unsaturated/α-hetero) is 1. The molecule has 2 atom stereocenters.